The SMILES string of the molecule is Cc1cccn2c(=O)c(/C=C3\SC(=S)N(Cc4ccccc4)C3=O)c(N3C[C@@H](C)O[C@@H](C)C3)nc12. The van der Waals surface area contributed by atoms with Crippen molar-refractivity contribution in [2.75, 3.05) is 18.0 Å². The number of ether oxygens (including phenoxy) is 1. The Labute approximate surface area is 213 Å². The van der Waals surface area contributed by atoms with Crippen molar-refractivity contribution in [3.05, 3.63) is 80.6 Å². The molecule has 0 radical (unpaired) electrons. The number of morpholine rings is 1. The number of aryl methyl sites for hydroxylation is 1. The van der Waals surface area contributed by atoms with Crippen molar-refractivity contribution in [3.63, 3.8) is 0 Å². The molecule has 4 heterocycles. The maximum Gasteiger partial charge on any atom is 0.267 e. The van der Waals surface area contributed by atoms with Crippen LogP contribution in [0, 0.1) is 6.92 Å². The molecule has 2 aliphatic rings. The molecule has 2 fully saturated rings. The maximum atomic E-state index is 13.7. The summed E-state index contributed by atoms with van der Waals surface area (Å²) < 4.78 is 7.93. The summed E-state index contributed by atoms with van der Waals surface area (Å²) >= 11 is 6.75. The smallest absolute Gasteiger partial charge is 0.267 e. The summed E-state index contributed by atoms with van der Waals surface area (Å²) in [7, 11) is 0. The monoisotopic (exact) mass is 506 g/mol. The van der Waals surface area contributed by atoms with Gasteiger partial charge in [0.05, 0.1) is 29.2 Å². The second-order valence-corrected chi connectivity index (χ2v) is 10.6. The fourth-order valence-corrected chi connectivity index (χ4v) is 5.79. The van der Waals surface area contributed by atoms with Crippen molar-refractivity contribution in [3.8, 4) is 0 Å². The number of anilines is 1. The van der Waals surface area contributed by atoms with Crippen molar-refractivity contribution in [1.82, 2.24) is 14.3 Å². The molecule has 1 aromatic carbocycles. The Kier molecular flexibility index (Phi) is 6.48. The predicted molar refractivity (Wildman–Crippen MR) is 144 cm³/mol. The van der Waals surface area contributed by atoms with Crippen molar-refractivity contribution < 1.29 is 9.53 Å². The third-order valence-corrected chi connectivity index (χ3v) is 7.49. The molecular weight excluding hydrogens is 480 g/mol. The van der Waals surface area contributed by atoms with Crippen molar-refractivity contribution in [1.29, 1.82) is 0 Å². The second-order valence-electron chi connectivity index (χ2n) is 8.95. The third-order valence-electron chi connectivity index (χ3n) is 6.12. The van der Waals surface area contributed by atoms with Gasteiger partial charge in [0.1, 0.15) is 15.8 Å². The molecular formula is C26H26N4O3S2. The first-order valence-corrected chi connectivity index (χ1v) is 12.8. The summed E-state index contributed by atoms with van der Waals surface area (Å²) in [5, 5.41) is 0. The van der Waals surface area contributed by atoms with Gasteiger partial charge in [-0.15, -0.1) is 0 Å². The van der Waals surface area contributed by atoms with Gasteiger partial charge in [-0.25, -0.2) is 4.98 Å². The Hall–Kier alpha value is -3.01. The highest BCUT2D eigenvalue weighted by atomic mass is 32.2. The van der Waals surface area contributed by atoms with Crippen molar-refractivity contribution in [2.24, 2.45) is 0 Å². The molecule has 0 spiro atoms. The van der Waals surface area contributed by atoms with E-state index in [1.165, 1.54) is 11.8 Å². The number of hydrogen-bond donors (Lipinski definition) is 0. The highest BCUT2D eigenvalue weighted by Crippen LogP contribution is 2.35. The van der Waals surface area contributed by atoms with Gasteiger partial charge in [0, 0.05) is 19.3 Å². The quantitative estimate of drug-likeness (QED) is 0.391. The van der Waals surface area contributed by atoms with Gasteiger partial charge in [-0.05, 0) is 44.0 Å². The van der Waals surface area contributed by atoms with Crippen LogP contribution in [0.3, 0.4) is 0 Å². The fraction of sp³-hybridized carbons (Fsp3) is 0.308. The Bertz CT molecular complexity index is 1390. The molecule has 2 atom stereocenters. The number of carbonyl (C=O) groups is 1. The molecule has 35 heavy (non-hydrogen) atoms. The Morgan fingerprint density at radius 1 is 1.11 bits per heavy atom. The molecule has 3 aromatic rings. The number of thiocarbonyl (C=S) groups is 1. The highest BCUT2D eigenvalue weighted by Gasteiger charge is 2.33. The minimum atomic E-state index is -0.214. The standard InChI is InChI=1S/C26H26N4O3S2/c1-16-8-7-11-29-22(16)27-23(28-13-17(2)33-18(3)14-28)20(24(29)31)12-21-25(32)30(26(34)35-21)15-19-9-5-4-6-10-19/h4-12,17-18H,13-15H2,1-3H3/b21-12-/t17-,18+. The van der Waals surface area contributed by atoms with Gasteiger partial charge in [0.25, 0.3) is 11.5 Å². The first-order valence-electron chi connectivity index (χ1n) is 11.5. The molecule has 7 nitrogen and oxygen atoms in total. The van der Waals surface area contributed by atoms with Gasteiger partial charge in [-0.2, -0.15) is 0 Å². The van der Waals surface area contributed by atoms with Crippen LogP contribution in [0.4, 0.5) is 5.82 Å². The molecule has 2 aromatic heterocycles. The molecule has 2 saturated heterocycles. The van der Waals surface area contributed by atoms with Crippen LogP contribution in [0.15, 0.2) is 58.4 Å². The molecule has 0 N–H and O–H groups in total. The zero-order chi connectivity index (χ0) is 24.7. The minimum Gasteiger partial charge on any atom is -0.372 e. The predicted octanol–water partition coefficient (Wildman–Crippen LogP) is 4.02. The van der Waals surface area contributed by atoms with Crippen LogP contribution >= 0.6 is 24.0 Å². The van der Waals surface area contributed by atoms with Gasteiger partial charge in [0.15, 0.2) is 0 Å². The van der Waals surface area contributed by atoms with Crippen LogP contribution in [0.5, 0.6) is 0 Å². The first kappa shape index (κ1) is 23.7. The van der Waals surface area contributed by atoms with Crippen molar-refractivity contribution >= 4 is 51.7 Å². The lowest BCUT2D eigenvalue weighted by Crippen LogP contribution is -2.46. The average Bonchev–Trinajstić information content (AvgIpc) is 3.08. The lowest BCUT2D eigenvalue weighted by atomic mass is 10.1. The van der Waals surface area contributed by atoms with E-state index in [0.717, 1.165) is 11.1 Å². The molecule has 180 valence electrons. The van der Waals surface area contributed by atoms with E-state index in [4.69, 9.17) is 21.9 Å². The van der Waals surface area contributed by atoms with E-state index in [0.29, 0.717) is 45.9 Å². The largest absolute Gasteiger partial charge is 0.372 e. The van der Waals surface area contributed by atoms with E-state index in [9.17, 15) is 9.59 Å². The number of nitrogens with zero attached hydrogens (tertiary/aromatic N) is 4. The molecule has 0 saturated carbocycles. The lowest BCUT2D eigenvalue weighted by molar-refractivity contribution is -0.122. The Morgan fingerprint density at radius 3 is 2.54 bits per heavy atom. The normalized spacial score (nSPS) is 22.0. The van der Waals surface area contributed by atoms with Crippen molar-refractivity contribution in [2.45, 2.75) is 39.5 Å². The number of carbonyl (C=O) groups excluding carboxylic acids is 1. The Balaban J connectivity index is 1.60. The molecule has 2 aliphatic heterocycles. The summed E-state index contributed by atoms with van der Waals surface area (Å²) in [6.07, 6.45) is 3.36. The number of pyridine rings is 1. The van der Waals surface area contributed by atoms with Crippen LogP contribution in [0.25, 0.3) is 11.7 Å². The zero-order valence-electron chi connectivity index (χ0n) is 19.8. The summed E-state index contributed by atoms with van der Waals surface area (Å²) in [6.45, 7) is 7.56. The van der Waals surface area contributed by atoms with Crippen LogP contribution in [0.2, 0.25) is 0 Å². The zero-order valence-corrected chi connectivity index (χ0v) is 21.4. The summed E-state index contributed by atoms with van der Waals surface area (Å²) in [5.41, 5.74) is 2.67. The van der Waals surface area contributed by atoms with Gasteiger partial charge in [-0.3, -0.25) is 18.9 Å². The number of benzene rings is 1. The van der Waals surface area contributed by atoms with Gasteiger partial charge < -0.3 is 9.64 Å². The van der Waals surface area contributed by atoms with E-state index in [2.05, 4.69) is 4.90 Å². The minimum absolute atomic E-state index is 0.00666. The van der Waals surface area contributed by atoms with Crippen LogP contribution in [-0.4, -0.2) is 49.8 Å². The fourth-order valence-electron chi connectivity index (χ4n) is 4.55. The van der Waals surface area contributed by atoms with E-state index < -0.39 is 0 Å². The molecule has 1 amide bonds. The highest BCUT2D eigenvalue weighted by molar-refractivity contribution is 8.26. The molecule has 5 rings (SSSR count). The van der Waals surface area contributed by atoms with E-state index in [1.807, 2.05) is 63.2 Å². The molecule has 0 bridgehead atoms. The van der Waals surface area contributed by atoms with Gasteiger partial charge >= 0.3 is 0 Å². The first-order chi connectivity index (χ1) is 16.8. The summed E-state index contributed by atoms with van der Waals surface area (Å²) in [4.78, 5) is 36.1. The third kappa shape index (κ3) is 4.63. The number of amides is 1. The number of thioether (sulfide) groups is 1. The lowest BCUT2D eigenvalue weighted by Gasteiger charge is -2.36. The van der Waals surface area contributed by atoms with Crippen LogP contribution in [0.1, 0.15) is 30.5 Å². The number of fused-ring (bicyclic) bond motifs is 1. The van der Waals surface area contributed by atoms with Gasteiger partial charge in [-0.1, -0.05) is 60.4 Å². The topological polar surface area (TPSA) is 67.2 Å². The number of hydrogen-bond acceptors (Lipinski definition) is 7. The number of aromatic nitrogens is 2. The maximum absolute atomic E-state index is 13.7. The number of rotatable bonds is 4. The second kappa shape index (κ2) is 9.56. The van der Waals surface area contributed by atoms with E-state index in [1.54, 1.807) is 21.6 Å². The Morgan fingerprint density at radius 2 is 1.83 bits per heavy atom. The van der Waals surface area contributed by atoms with E-state index in [-0.39, 0.29) is 23.7 Å². The molecule has 0 aliphatic carbocycles. The molecule has 9 heteroatoms. The van der Waals surface area contributed by atoms with Gasteiger partial charge in [0.2, 0.25) is 0 Å². The summed E-state index contributed by atoms with van der Waals surface area (Å²) in [6, 6.07) is 13.5. The van der Waals surface area contributed by atoms with Crippen LogP contribution in [-0.2, 0) is 16.1 Å². The van der Waals surface area contributed by atoms with Crippen LogP contribution < -0.4 is 10.5 Å². The van der Waals surface area contributed by atoms with E-state index >= 15 is 0 Å². The summed E-state index contributed by atoms with van der Waals surface area (Å²) in [5.74, 6) is 0.367. The molecule has 0 unspecified atom stereocenters. The average molecular weight is 507 g/mol.